The smallest absolute Gasteiger partial charge is 0.323 e. The summed E-state index contributed by atoms with van der Waals surface area (Å²) in [5.74, 6) is -0.133. The number of carbonyl (C=O) groups excluding carboxylic acids is 1. The van der Waals surface area contributed by atoms with E-state index in [-0.39, 0.29) is 24.0 Å². The lowest BCUT2D eigenvalue weighted by Crippen LogP contribution is -2.44. The van der Waals surface area contributed by atoms with E-state index in [0.717, 1.165) is 16.0 Å². The summed E-state index contributed by atoms with van der Waals surface area (Å²) in [5, 5.41) is 4.19. The standard InChI is InChI=1S/C19H20ClNO2S/c1-11(2)17(19(22)23-3)21-18-13-6-4-5-7-15(13)24-16-9-8-12(20)10-14(16)18/h4-11,17-18,21H,1-3H3/t17-,18?/m0/s1. The van der Waals surface area contributed by atoms with E-state index >= 15 is 0 Å². The van der Waals surface area contributed by atoms with Gasteiger partial charge < -0.3 is 4.74 Å². The van der Waals surface area contributed by atoms with Gasteiger partial charge in [0.2, 0.25) is 0 Å². The summed E-state index contributed by atoms with van der Waals surface area (Å²) >= 11 is 7.96. The molecule has 1 heterocycles. The molecule has 0 amide bonds. The third-order valence-electron chi connectivity index (χ3n) is 4.20. The minimum absolute atomic E-state index is 0.0948. The number of carbonyl (C=O) groups is 1. The maximum Gasteiger partial charge on any atom is 0.323 e. The Morgan fingerprint density at radius 1 is 1.17 bits per heavy atom. The van der Waals surface area contributed by atoms with Crippen LogP contribution in [0.4, 0.5) is 0 Å². The topological polar surface area (TPSA) is 38.3 Å². The molecule has 0 saturated carbocycles. The van der Waals surface area contributed by atoms with Crippen molar-refractivity contribution in [1.29, 1.82) is 0 Å². The van der Waals surface area contributed by atoms with E-state index in [1.807, 2.05) is 44.2 Å². The van der Waals surface area contributed by atoms with E-state index in [0.29, 0.717) is 5.02 Å². The molecular formula is C19H20ClNO2S. The number of methoxy groups -OCH3 is 1. The lowest BCUT2D eigenvalue weighted by Gasteiger charge is -2.32. The van der Waals surface area contributed by atoms with Crippen LogP contribution in [0, 0.1) is 5.92 Å². The minimum atomic E-state index is -0.386. The van der Waals surface area contributed by atoms with Gasteiger partial charge in [-0.25, -0.2) is 0 Å². The van der Waals surface area contributed by atoms with Gasteiger partial charge in [0.1, 0.15) is 6.04 Å². The number of ether oxygens (including phenoxy) is 1. The molecule has 2 aromatic carbocycles. The van der Waals surface area contributed by atoms with Crippen LogP contribution in [-0.4, -0.2) is 19.1 Å². The van der Waals surface area contributed by atoms with E-state index in [4.69, 9.17) is 16.3 Å². The van der Waals surface area contributed by atoms with Gasteiger partial charge in [-0.15, -0.1) is 0 Å². The molecular weight excluding hydrogens is 342 g/mol. The second kappa shape index (κ2) is 7.18. The third kappa shape index (κ3) is 3.32. The quantitative estimate of drug-likeness (QED) is 0.802. The average molecular weight is 362 g/mol. The Kier molecular flexibility index (Phi) is 5.18. The summed E-state index contributed by atoms with van der Waals surface area (Å²) in [6.45, 7) is 4.02. The van der Waals surface area contributed by atoms with Crippen molar-refractivity contribution in [2.75, 3.05) is 7.11 Å². The molecule has 1 unspecified atom stereocenters. The minimum Gasteiger partial charge on any atom is -0.468 e. The Morgan fingerprint density at radius 2 is 1.88 bits per heavy atom. The molecule has 0 radical (unpaired) electrons. The zero-order chi connectivity index (χ0) is 17.3. The predicted molar refractivity (Wildman–Crippen MR) is 97.6 cm³/mol. The van der Waals surface area contributed by atoms with Crippen LogP contribution in [-0.2, 0) is 9.53 Å². The number of esters is 1. The number of rotatable bonds is 4. The lowest BCUT2D eigenvalue weighted by atomic mass is 9.94. The van der Waals surface area contributed by atoms with Gasteiger partial charge in [0.15, 0.2) is 0 Å². The van der Waals surface area contributed by atoms with Gasteiger partial charge in [0.25, 0.3) is 0 Å². The third-order valence-corrected chi connectivity index (χ3v) is 5.62. The summed E-state index contributed by atoms with van der Waals surface area (Å²) in [4.78, 5) is 14.5. The van der Waals surface area contributed by atoms with Crippen LogP contribution in [0.5, 0.6) is 0 Å². The highest BCUT2D eigenvalue weighted by molar-refractivity contribution is 7.99. The number of hydrogen-bond acceptors (Lipinski definition) is 4. The van der Waals surface area contributed by atoms with Crippen molar-refractivity contribution in [2.45, 2.75) is 35.7 Å². The van der Waals surface area contributed by atoms with Crippen LogP contribution in [0.1, 0.15) is 31.0 Å². The van der Waals surface area contributed by atoms with Gasteiger partial charge in [-0.05, 0) is 41.3 Å². The molecule has 5 heteroatoms. The van der Waals surface area contributed by atoms with Crippen LogP contribution < -0.4 is 5.32 Å². The van der Waals surface area contributed by atoms with E-state index in [1.54, 1.807) is 11.8 Å². The van der Waals surface area contributed by atoms with Crippen LogP contribution >= 0.6 is 23.4 Å². The fourth-order valence-corrected chi connectivity index (χ4v) is 4.25. The van der Waals surface area contributed by atoms with Crippen LogP contribution in [0.25, 0.3) is 0 Å². The summed E-state index contributed by atoms with van der Waals surface area (Å²) in [5.41, 5.74) is 2.26. The van der Waals surface area contributed by atoms with E-state index in [9.17, 15) is 4.79 Å². The summed E-state index contributed by atoms with van der Waals surface area (Å²) in [7, 11) is 1.43. The largest absolute Gasteiger partial charge is 0.468 e. The summed E-state index contributed by atoms with van der Waals surface area (Å²) < 4.78 is 4.98. The highest BCUT2D eigenvalue weighted by atomic mass is 35.5. The molecule has 0 saturated heterocycles. The van der Waals surface area contributed by atoms with Gasteiger partial charge in [-0.2, -0.15) is 0 Å². The molecule has 24 heavy (non-hydrogen) atoms. The first-order chi connectivity index (χ1) is 11.5. The first kappa shape index (κ1) is 17.3. The van der Waals surface area contributed by atoms with Crippen molar-refractivity contribution < 1.29 is 9.53 Å². The molecule has 2 aromatic rings. The second-order valence-corrected chi connectivity index (χ2v) is 7.69. The fraction of sp³-hybridized carbons (Fsp3) is 0.316. The molecule has 0 spiro atoms. The van der Waals surface area contributed by atoms with E-state index < -0.39 is 0 Å². The van der Waals surface area contributed by atoms with Crippen molar-refractivity contribution >= 4 is 29.3 Å². The van der Waals surface area contributed by atoms with Crippen molar-refractivity contribution in [3.8, 4) is 0 Å². The highest BCUT2D eigenvalue weighted by Crippen LogP contribution is 2.45. The summed E-state index contributed by atoms with van der Waals surface area (Å²) in [6.07, 6.45) is 0. The van der Waals surface area contributed by atoms with Crippen molar-refractivity contribution in [1.82, 2.24) is 5.32 Å². The van der Waals surface area contributed by atoms with E-state index in [1.165, 1.54) is 12.0 Å². The average Bonchev–Trinajstić information content (AvgIpc) is 2.58. The maximum absolute atomic E-state index is 12.2. The summed E-state index contributed by atoms with van der Waals surface area (Å²) in [6, 6.07) is 13.7. The molecule has 3 nitrogen and oxygen atoms in total. The molecule has 0 bridgehead atoms. The normalized spacial score (nSPS) is 17.1. The molecule has 0 aromatic heterocycles. The van der Waals surface area contributed by atoms with Gasteiger partial charge in [0.05, 0.1) is 13.2 Å². The van der Waals surface area contributed by atoms with Gasteiger partial charge >= 0.3 is 5.97 Å². The first-order valence-electron chi connectivity index (χ1n) is 7.91. The van der Waals surface area contributed by atoms with Gasteiger partial charge in [-0.1, -0.05) is 55.4 Å². The van der Waals surface area contributed by atoms with Crippen LogP contribution in [0.15, 0.2) is 52.3 Å². The van der Waals surface area contributed by atoms with Crippen LogP contribution in [0.3, 0.4) is 0 Å². The first-order valence-corrected chi connectivity index (χ1v) is 9.10. The molecule has 126 valence electrons. The monoisotopic (exact) mass is 361 g/mol. The number of hydrogen-bond donors (Lipinski definition) is 1. The molecule has 1 N–H and O–H groups in total. The Labute approximate surface area is 151 Å². The molecule has 2 atom stereocenters. The second-order valence-electron chi connectivity index (χ2n) is 6.17. The Hall–Kier alpha value is -1.49. The van der Waals surface area contributed by atoms with Crippen molar-refractivity contribution in [3.05, 3.63) is 58.6 Å². The maximum atomic E-state index is 12.2. The van der Waals surface area contributed by atoms with Crippen molar-refractivity contribution in [3.63, 3.8) is 0 Å². The number of fused-ring (bicyclic) bond motifs is 2. The van der Waals surface area contributed by atoms with E-state index in [2.05, 4.69) is 17.4 Å². The number of benzene rings is 2. The van der Waals surface area contributed by atoms with Crippen molar-refractivity contribution in [2.24, 2.45) is 5.92 Å². The SMILES string of the molecule is COC(=O)[C@@H](NC1c2ccccc2Sc2ccc(Cl)cc21)C(C)C. The fourth-order valence-electron chi connectivity index (χ4n) is 2.95. The zero-order valence-electron chi connectivity index (χ0n) is 13.9. The molecule has 0 fully saturated rings. The molecule has 3 rings (SSSR count). The molecule has 1 aliphatic rings. The Bertz CT molecular complexity index is 763. The Morgan fingerprint density at radius 3 is 2.58 bits per heavy atom. The number of nitrogens with one attached hydrogen (secondary N) is 1. The Balaban J connectivity index is 2.06. The molecule has 1 aliphatic heterocycles. The predicted octanol–water partition coefficient (Wildman–Crippen LogP) is 4.68. The highest BCUT2D eigenvalue weighted by Gasteiger charge is 2.32. The van der Waals surface area contributed by atoms with Crippen LogP contribution in [0.2, 0.25) is 5.02 Å². The van der Waals surface area contributed by atoms with Gasteiger partial charge in [0, 0.05) is 14.8 Å². The lowest BCUT2D eigenvalue weighted by molar-refractivity contribution is -0.144. The zero-order valence-corrected chi connectivity index (χ0v) is 15.4. The molecule has 0 aliphatic carbocycles. The number of halogens is 1. The van der Waals surface area contributed by atoms with Gasteiger partial charge in [-0.3, -0.25) is 10.1 Å².